The highest BCUT2D eigenvalue weighted by Crippen LogP contribution is 2.32. The van der Waals surface area contributed by atoms with Crippen molar-refractivity contribution in [1.82, 2.24) is 15.1 Å². The number of carbonyl (C=O) groups is 1. The molecule has 0 bridgehead atoms. The molecule has 1 fully saturated rings. The first kappa shape index (κ1) is 27.6. The van der Waals surface area contributed by atoms with Crippen LogP contribution in [0.2, 0.25) is 0 Å². The maximum Gasteiger partial charge on any atom is 0.435 e. The van der Waals surface area contributed by atoms with Crippen molar-refractivity contribution in [3.05, 3.63) is 113 Å². The zero-order valence-corrected chi connectivity index (χ0v) is 21.8. The van der Waals surface area contributed by atoms with Gasteiger partial charge in [0.15, 0.2) is 5.69 Å². The average Bonchev–Trinajstić information content (AvgIpc) is 3.66. The Balaban J connectivity index is 1.45. The molecule has 1 atom stereocenters. The van der Waals surface area contributed by atoms with Crippen LogP contribution in [0, 0.1) is 5.92 Å². The minimum atomic E-state index is -4.72. The largest absolute Gasteiger partial charge is 0.435 e. The summed E-state index contributed by atoms with van der Waals surface area (Å²) < 4.78 is 41.7. The van der Waals surface area contributed by atoms with Crippen LogP contribution < -0.4 is 22.1 Å². The number of anilines is 1. The number of halogens is 3. The van der Waals surface area contributed by atoms with Crippen molar-refractivity contribution in [1.29, 1.82) is 0 Å². The van der Waals surface area contributed by atoms with Crippen LogP contribution in [0.1, 0.15) is 57.3 Å². The van der Waals surface area contributed by atoms with E-state index < -0.39 is 17.8 Å². The predicted molar refractivity (Wildman–Crippen MR) is 148 cm³/mol. The summed E-state index contributed by atoms with van der Waals surface area (Å²) in [6, 6.07) is 22.5. The summed E-state index contributed by atoms with van der Waals surface area (Å²) in [6.45, 7) is 1.47. The zero-order chi connectivity index (χ0) is 28.3. The van der Waals surface area contributed by atoms with Gasteiger partial charge in [0.05, 0.1) is 11.7 Å². The molecule has 0 spiro atoms. The van der Waals surface area contributed by atoms with Gasteiger partial charge in [-0.3, -0.25) is 4.79 Å². The van der Waals surface area contributed by atoms with Crippen molar-refractivity contribution in [2.24, 2.45) is 17.4 Å². The van der Waals surface area contributed by atoms with Gasteiger partial charge in [-0.15, -0.1) is 0 Å². The molecule has 1 amide bonds. The molecule has 40 heavy (non-hydrogen) atoms. The lowest BCUT2D eigenvalue weighted by Crippen LogP contribution is -2.25. The van der Waals surface area contributed by atoms with E-state index in [9.17, 15) is 18.0 Å². The summed E-state index contributed by atoms with van der Waals surface area (Å²) in [5.41, 5.74) is 14.6. The number of amides is 1. The Kier molecular flexibility index (Phi) is 8.02. The Bertz CT molecular complexity index is 1490. The van der Waals surface area contributed by atoms with Gasteiger partial charge in [-0.05, 0) is 71.8 Å². The molecule has 3 aromatic carbocycles. The minimum absolute atomic E-state index is 0.148. The smallest absolute Gasteiger partial charge is 0.326 e. The van der Waals surface area contributed by atoms with Gasteiger partial charge in [-0.25, -0.2) is 4.68 Å². The van der Waals surface area contributed by atoms with Gasteiger partial charge in [0.25, 0.3) is 5.91 Å². The van der Waals surface area contributed by atoms with Crippen molar-refractivity contribution in [2.45, 2.75) is 38.1 Å². The third kappa shape index (κ3) is 6.41. The SMILES string of the molecule is NCc1cccc(C(NCC2CC2)c2cccc(NC(=O)c3cc(C(F)(F)F)nn3-c3cccc(CN)c3)c2)c1. The van der Waals surface area contributed by atoms with E-state index in [1.54, 1.807) is 30.3 Å². The third-order valence-electron chi connectivity index (χ3n) is 6.93. The van der Waals surface area contributed by atoms with Gasteiger partial charge in [-0.1, -0.05) is 48.5 Å². The molecule has 7 nitrogen and oxygen atoms in total. The van der Waals surface area contributed by atoms with Crippen LogP contribution in [0.15, 0.2) is 78.9 Å². The number of alkyl halides is 3. The standard InChI is InChI=1S/C30H31F3N6O/c31-30(32,33)27-15-26(39(38-27)25-9-2-5-21(13-25)17-35)29(40)37-24-8-3-7-23(14-24)28(36-18-19-10-11-19)22-6-1-4-20(12-22)16-34/h1-9,12-15,19,28,36H,10-11,16-18,34-35H2,(H,37,40). The lowest BCUT2D eigenvalue weighted by atomic mass is 9.96. The second kappa shape index (κ2) is 11.6. The molecular formula is C30H31F3N6O. The van der Waals surface area contributed by atoms with Gasteiger partial charge in [0.2, 0.25) is 0 Å². The third-order valence-corrected chi connectivity index (χ3v) is 6.93. The lowest BCUT2D eigenvalue weighted by molar-refractivity contribution is -0.141. The molecule has 1 unspecified atom stereocenters. The maximum absolute atomic E-state index is 13.6. The average molecular weight is 549 g/mol. The summed E-state index contributed by atoms with van der Waals surface area (Å²) in [6.07, 6.45) is -2.33. The highest BCUT2D eigenvalue weighted by molar-refractivity contribution is 6.03. The molecule has 1 saturated carbocycles. The summed E-state index contributed by atoms with van der Waals surface area (Å²) in [5.74, 6) is -0.0742. The predicted octanol–water partition coefficient (Wildman–Crippen LogP) is 5.15. The molecule has 10 heteroatoms. The number of hydrogen-bond acceptors (Lipinski definition) is 5. The summed E-state index contributed by atoms with van der Waals surface area (Å²) >= 11 is 0. The van der Waals surface area contributed by atoms with E-state index in [2.05, 4.69) is 21.8 Å². The molecule has 1 aliphatic carbocycles. The fraction of sp³-hybridized carbons (Fsp3) is 0.267. The Morgan fingerprint density at radius 1 is 0.925 bits per heavy atom. The fourth-order valence-corrected chi connectivity index (χ4v) is 4.62. The Hall–Kier alpha value is -3.99. The van der Waals surface area contributed by atoms with Crippen molar-refractivity contribution in [3.8, 4) is 5.69 Å². The van der Waals surface area contributed by atoms with Crippen molar-refractivity contribution in [2.75, 3.05) is 11.9 Å². The fourth-order valence-electron chi connectivity index (χ4n) is 4.62. The zero-order valence-electron chi connectivity index (χ0n) is 21.8. The van der Waals surface area contributed by atoms with Crippen LogP contribution in [-0.4, -0.2) is 22.2 Å². The number of nitrogens with two attached hydrogens (primary N) is 2. The van der Waals surface area contributed by atoms with Crippen LogP contribution >= 0.6 is 0 Å². The van der Waals surface area contributed by atoms with E-state index in [1.807, 2.05) is 36.4 Å². The first-order valence-electron chi connectivity index (χ1n) is 13.2. The van der Waals surface area contributed by atoms with E-state index in [4.69, 9.17) is 11.5 Å². The highest BCUT2D eigenvalue weighted by Gasteiger charge is 2.36. The van der Waals surface area contributed by atoms with Crippen LogP contribution in [0.3, 0.4) is 0 Å². The summed E-state index contributed by atoms with van der Waals surface area (Å²) in [5, 5.41) is 10.1. The second-order valence-corrected chi connectivity index (χ2v) is 10.0. The molecule has 4 aromatic rings. The summed E-state index contributed by atoms with van der Waals surface area (Å²) in [4.78, 5) is 13.4. The number of aromatic nitrogens is 2. The number of rotatable bonds is 10. The van der Waals surface area contributed by atoms with E-state index in [-0.39, 0.29) is 18.3 Å². The molecule has 208 valence electrons. The van der Waals surface area contributed by atoms with Crippen molar-refractivity contribution < 1.29 is 18.0 Å². The number of hydrogen-bond donors (Lipinski definition) is 4. The van der Waals surface area contributed by atoms with Crippen molar-refractivity contribution >= 4 is 11.6 Å². The molecule has 0 saturated heterocycles. The topological polar surface area (TPSA) is 111 Å². The number of nitrogens with zero attached hydrogens (tertiary/aromatic N) is 2. The number of carbonyl (C=O) groups excluding carboxylic acids is 1. The second-order valence-electron chi connectivity index (χ2n) is 10.0. The first-order valence-corrected chi connectivity index (χ1v) is 13.2. The molecule has 1 aliphatic rings. The number of benzene rings is 3. The molecule has 0 aliphatic heterocycles. The normalized spacial score (nSPS) is 14.2. The molecule has 1 heterocycles. The van der Waals surface area contributed by atoms with E-state index in [0.717, 1.165) is 34.0 Å². The molecule has 1 aromatic heterocycles. The van der Waals surface area contributed by atoms with Gasteiger partial charge in [0.1, 0.15) is 5.69 Å². The van der Waals surface area contributed by atoms with Crippen LogP contribution in [0.25, 0.3) is 5.69 Å². The van der Waals surface area contributed by atoms with Crippen LogP contribution in [-0.2, 0) is 19.3 Å². The maximum atomic E-state index is 13.6. The van der Waals surface area contributed by atoms with Gasteiger partial charge < -0.3 is 22.1 Å². The van der Waals surface area contributed by atoms with Gasteiger partial charge in [0, 0.05) is 24.8 Å². The lowest BCUT2D eigenvalue weighted by Gasteiger charge is -2.21. The van der Waals surface area contributed by atoms with E-state index in [0.29, 0.717) is 29.4 Å². The highest BCUT2D eigenvalue weighted by atomic mass is 19.4. The van der Waals surface area contributed by atoms with Gasteiger partial charge in [-0.2, -0.15) is 18.3 Å². The molecule has 5 rings (SSSR count). The van der Waals surface area contributed by atoms with Crippen LogP contribution in [0.5, 0.6) is 0 Å². The monoisotopic (exact) mass is 548 g/mol. The molecule has 0 radical (unpaired) electrons. The Morgan fingerprint density at radius 2 is 1.57 bits per heavy atom. The molecule has 6 N–H and O–H groups in total. The van der Waals surface area contributed by atoms with Crippen LogP contribution in [0.4, 0.5) is 18.9 Å². The molecular weight excluding hydrogens is 517 g/mol. The minimum Gasteiger partial charge on any atom is -0.326 e. The Morgan fingerprint density at radius 3 is 2.25 bits per heavy atom. The van der Waals surface area contributed by atoms with Crippen molar-refractivity contribution in [3.63, 3.8) is 0 Å². The van der Waals surface area contributed by atoms with E-state index in [1.165, 1.54) is 12.8 Å². The first-order chi connectivity index (χ1) is 19.2. The van der Waals surface area contributed by atoms with Gasteiger partial charge >= 0.3 is 6.18 Å². The Labute approximate surface area is 230 Å². The van der Waals surface area contributed by atoms with E-state index >= 15 is 0 Å². The summed E-state index contributed by atoms with van der Waals surface area (Å²) in [7, 11) is 0. The number of nitrogens with one attached hydrogen (secondary N) is 2. The quantitative estimate of drug-likeness (QED) is 0.219.